The van der Waals surface area contributed by atoms with Gasteiger partial charge >= 0.3 is 0 Å². The monoisotopic (exact) mass is 318 g/mol. The highest BCUT2D eigenvalue weighted by Crippen LogP contribution is 2.26. The van der Waals surface area contributed by atoms with E-state index in [1.54, 1.807) is 24.3 Å². The van der Waals surface area contributed by atoms with Gasteiger partial charge in [-0.25, -0.2) is 0 Å². The molecule has 1 aliphatic rings. The number of thiophene rings is 1. The second-order valence-corrected chi connectivity index (χ2v) is 6.68. The zero-order valence-corrected chi connectivity index (χ0v) is 13.2. The van der Waals surface area contributed by atoms with E-state index in [2.05, 4.69) is 12.2 Å². The minimum absolute atomic E-state index is 0.0510. The summed E-state index contributed by atoms with van der Waals surface area (Å²) in [6.07, 6.45) is 3.69. The Morgan fingerprint density at radius 1 is 1.36 bits per heavy atom. The first-order valence-corrected chi connectivity index (χ1v) is 8.19. The van der Waals surface area contributed by atoms with Gasteiger partial charge in [-0.2, -0.15) is 0 Å². The molecule has 1 aliphatic heterocycles. The summed E-state index contributed by atoms with van der Waals surface area (Å²) < 4.78 is 5.05. The number of piperidine rings is 1. The number of hydrogen-bond acceptors (Lipinski definition) is 4. The number of hydrogen-bond donors (Lipinski definition) is 1. The van der Waals surface area contributed by atoms with Crippen LogP contribution in [0.2, 0.25) is 0 Å². The highest BCUT2D eigenvalue weighted by atomic mass is 32.1. The van der Waals surface area contributed by atoms with Gasteiger partial charge in [0.15, 0.2) is 5.76 Å². The maximum absolute atomic E-state index is 12.5. The molecule has 0 aliphatic carbocycles. The molecule has 6 heteroatoms. The summed E-state index contributed by atoms with van der Waals surface area (Å²) >= 11 is 1.30. The second-order valence-electron chi connectivity index (χ2n) is 5.59. The van der Waals surface area contributed by atoms with Crippen molar-refractivity contribution < 1.29 is 14.0 Å². The maximum atomic E-state index is 12.5. The Bertz CT molecular complexity index is 663. The Kier molecular flexibility index (Phi) is 4.29. The molecule has 0 radical (unpaired) electrons. The van der Waals surface area contributed by atoms with E-state index in [1.165, 1.54) is 24.0 Å². The van der Waals surface area contributed by atoms with Crippen LogP contribution in [-0.2, 0) is 0 Å². The van der Waals surface area contributed by atoms with E-state index in [1.807, 2.05) is 4.90 Å². The third-order valence-corrected chi connectivity index (χ3v) is 4.73. The number of carbonyl (C=O) groups excluding carboxylic acids is 2. The Balaban J connectivity index is 1.65. The van der Waals surface area contributed by atoms with Gasteiger partial charge in [0.25, 0.3) is 11.8 Å². The van der Waals surface area contributed by atoms with Crippen molar-refractivity contribution in [1.82, 2.24) is 4.90 Å². The molecule has 1 saturated heterocycles. The standard InChI is InChI=1S/C16H18N2O3S/c1-11-4-2-8-18(10-11)16(20)13-6-7-14(22-13)17-15(19)12-5-3-9-21-12/h3,5-7,9,11H,2,4,8,10H2,1H3,(H,17,19). The first kappa shape index (κ1) is 14.8. The predicted octanol–water partition coefficient (Wildman–Crippen LogP) is 3.47. The summed E-state index contributed by atoms with van der Waals surface area (Å²) in [5.74, 6) is 0.550. The Hall–Kier alpha value is -2.08. The second kappa shape index (κ2) is 6.36. The molecule has 5 nitrogen and oxygen atoms in total. The number of rotatable bonds is 3. The van der Waals surface area contributed by atoms with Crippen LogP contribution in [-0.4, -0.2) is 29.8 Å². The summed E-state index contributed by atoms with van der Waals surface area (Å²) in [5.41, 5.74) is 0. The summed E-state index contributed by atoms with van der Waals surface area (Å²) in [4.78, 5) is 26.9. The highest BCUT2D eigenvalue weighted by molar-refractivity contribution is 7.18. The molecule has 0 saturated carbocycles. The lowest BCUT2D eigenvalue weighted by Crippen LogP contribution is -2.38. The molecule has 2 aromatic rings. The van der Waals surface area contributed by atoms with Gasteiger partial charge in [-0.3, -0.25) is 9.59 Å². The van der Waals surface area contributed by atoms with Crippen molar-refractivity contribution in [3.63, 3.8) is 0 Å². The van der Waals surface area contributed by atoms with Gasteiger partial charge in [-0.15, -0.1) is 11.3 Å². The van der Waals surface area contributed by atoms with Crippen LogP contribution in [0.5, 0.6) is 0 Å². The van der Waals surface area contributed by atoms with Gasteiger partial charge < -0.3 is 14.6 Å². The van der Waals surface area contributed by atoms with Crippen molar-refractivity contribution in [2.24, 2.45) is 5.92 Å². The minimum atomic E-state index is -0.308. The fourth-order valence-electron chi connectivity index (χ4n) is 2.63. The number of amides is 2. The Morgan fingerprint density at radius 3 is 2.95 bits per heavy atom. The first-order valence-electron chi connectivity index (χ1n) is 7.37. The average Bonchev–Trinajstić information content (AvgIpc) is 3.18. The number of anilines is 1. The number of furan rings is 1. The number of likely N-dealkylation sites (tertiary alicyclic amines) is 1. The molecule has 3 heterocycles. The van der Waals surface area contributed by atoms with Crippen molar-refractivity contribution in [3.8, 4) is 0 Å². The van der Waals surface area contributed by atoms with E-state index in [0.717, 1.165) is 19.5 Å². The lowest BCUT2D eigenvalue weighted by molar-refractivity contribution is 0.0688. The largest absolute Gasteiger partial charge is 0.459 e. The van der Waals surface area contributed by atoms with Crippen LogP contribution in [0.4, 0.5) is 5.00 Å². The average molecular weight is 318 g/mol. The third kappa shape index (κ3) is 3.22. The van der Waals surface area contributed by atoms with E-state index in [0.29, 0.717) is 15.8 Å². The molecule has 22 heavy (non-hydrogen) atoms. The minimum Gasteiger partial charge on any atom is -0.459 e. The van der Waals surface area contributed by atoms with Crippen LogP contribution in [0.25, 0.3) is 0 Å². The number of carbonyl (C=O) groups is 2. The maximum Gasteiger partial charge on any atom is 0.291 e. The molecule has 2 aromatic heterocycles. The van der Waals surface area contributed by atoms with Crippen molar-refractivity contribution >= 4 is 28.2 Å². The highest BCUT2D eigenvalue weighted by Gasteiger charge is 2.23. The van der Waals surface area contributed by atoms with Gasteiger partial charge in [0.2, 0.25) is 0 Å². The quantitative estimate of drug-likeness (QED) is 0.942. The van der Waals surface area contributed by atoms with Crippen molar-refractivity contribution in [2.45, 2.75) is 19.8 Å². The van der Waals surface area contributed by atoms with Gasteiger partial charge in [-0.1, -0.05) is 6.92 Å². The summed E-state index contributed by atoms with van der Waals surface area (Å²) in [5, 5.41) is 3.39. The molecular formula is C16H18N2O3S. The van der Waals surface area contributed by atoms with Crippen molar-refractivity contribution in [1.29, 1.82) is 0 Å². The number of nitrogens with one attached hydrogen (secondary N) is 1. The van der Waals surface area contributed by atoms with Crippen LogP contribution in [0.3, 0.4) is 0 Å². The van der Waals surface area contributed by atoms with E-state index >= 15 is 0 Å². The smallest absolute Gasteiger partial charge is 0.291 e. The SMILES string of the molecule is CC1CCCN(C(=O)c2ccc(NC(=O)c3ccco3)s2)C1. The summed E-state index contributed by atoms with van der Waals surface area (Å²) in [7, 11) is 0. The molecule has 1 atom stereocenters. The molecule has 2 amide bonds. The fraction of sp³-hybridized carbons (Fsp3) is 0.375. The fourth-order valence-corrected chi connectivity index (χ4v) is 3.50. The van der Waals surface area contributed by atoms with E-state index in [-0.39, 0.29) is 17.6 Å². The van der Waals surface area contributed by atoms with E-state index in [9.17, 15) is 9.59 Å². The van der Waals surface area contributed by atoms with Crippen LogP contribution in [0.15, 0.2) is 34.9 Å². The zero-order chi connectivity index (χ0) is 15.5. The van der Waals surface area contributed by atoms with Crippen LogP contribution >= 0.6 is 11.3 Å². The zero-order valence-electron chi connectivity index (χ0n) is 12.4. The topological polar surface area (TPSA) is 62.6 Å². The predicted molar refractivity (Wildman–Crippen MR) is 85.3 cm³/mol. The molecule has 3 rings (SSSR count). The number of nitrogens with zero attached hydrogens (tertiary/aromatic N) is 1. The van der Waals surface area contributed by atoms with Gasteiger partial charge in [0.1, 0.15) is 0 Å². The summed E-state index contributed by atoms with van der Waals surface area (Å²) in [6.45, 7) is 3.79. The van der Waals surface area contributed by atoms with Crippen LogP contribution in [0.1, 0.15) is 40.0 Å². The third-order valence-electron chi connectivity index (χ3n) is 3.74. The van der Waals surface area contributed by atoms with Crippen LogP contribution in [0, 0.1) is 5.92 Å². The Morgan fingerprint density at radius 2 is 2.23 bits per heavy atom. The first-order chi connectivity index (χ1) is 10.6. The van der Waals surface area contributed by atoms with Gasteiger partial charge in [0, 0.05) is 13.1 Å². The van der Waals surface area contributed by atoms with E-state index < -0.39 is 0 Å². The molecule has 0 aromatic carbocycles. The van der Waals surface area contributed by atoms with Gasteiger partial charge in [-0.05, 0) is 43.0 Å². The molecular weight excluding hydrogens is 300 g/mol. The van der Waals surface area contributed by atoms with Crippen molar-refractivity contribution in [2.75, 3.05) is 18.4 Å². The normalized spacial score (nSPS) is 18.2. The molecule has 0 bridgehead atoms. The summed E-state index contributed by atoms with van der Waals surface area (Å²) in [6, 6.07) is 6.79. The Labute approximate surface area is 132 Å². The molecule has 116 valence electrons. The lowest BCUT2D eigenvalue weighted by atomic mass is 10.0. The lowest BCUT2D eigenvalue weighted by Gasteiger charge is -2.30. The molecule has 1 unspecified atom stereocenters. The molecule has 1 fully saturated rings. The van der Waals surface area contributed by atoms with Crippen molar-refractivity contribution in [3.05, 3.63) is 41.2 Å². The molecule has 1 N–H and O–H groups in total. The van der Waals surface area contributed by atoms with Gasteiger partial charge in [0.05, 0.1) is 16.1 Å². The van der Waals surface area contributed by atoms with Crippen LogP contribution < -0.4 is 5.32 Å². The molecule has 0 spiro atoms. The van der Waals surface area contributed by atoms with E-state index in [4.69, 9.17) is 4.42 Å².